The molecule has 0 amide bonds. The van der Waals surface area contributed by atoms with Crippen molar-refractivity contribution in [3.05, 3.63) is 0 Å². The van der Waals surface area contributed by atoms with Crippen LogP contribution in [0.1, 0.15) is 20.8 Å². The van der Waals surface area contributed by atoms with E-state index in [1.807, 2.05) is 13.8 Å². The van der Waals surface area contributed by atoms with Gasteiger partial charge in [-0.15, -0.1) is 0 Å². The van der Waals surface area contributed by atoms with Crippen LogP contribution in [0.3, 0.4) is 0 Å². The van der Waals surface area contributed by atoms with Gasteiger partial charge in [0.1, 0.15) is 0 Å². The molecule has 4 heteroatoms. The summed E-state index contributed by atoms with van der Waals surface area (Å²) in [7, 11) is 0. The fourth-order valence-corrected chi connectivity index (χ4v) is 1.47. The lowest BCUT2D eigenvalue weighted by Crippen LogP contribution is -2.27. The summed E-state index contributed by atoms with van der Waals surface area (Å²) < 4.78 is 5.03. The van der Waals surface area contributed by atoms with Crippen LogP contribution in [0.25, 0.3) is 0 Å². The number of thioether (sulfide) groups is 1. The molecule has 0 bridgehead atoms. The van der Waals surface area contributed by atoms with E-state index in [1.54, 1.807) is 18.7 Å². The fraction of sp³-hybridized carbons (Fsp3) is 0.875. The van der Waals surface area contributed by atoms with E-state index >= 15 is 0 Å². The van der Waals surface area contributed by atoms with Gasteiger partial charge in [0.2, 0.25) is 0 Å². The third-order valence-corrected chi connectivity index (χ3v) is 2.39. The number of ether oxygens (including phenoxy) is 1. The highest BCUT2D eigenvalue weighted by Gasteiger charge is 2.17. The molecule has 0 saturated heterocycles. The van der Waals surface area contributed by atoms with Gasteiger partial charge in [-0.3, -0.25) is 0 Å². The first kappa shape index (κ1) is 11.8. The minimum atomic E-state index is -0.870. The second-order valence-electron chi connectivity index (χ2n) is 2.66. The molecule has 0 aliphatic rings. The van der Waals surface area contributed by atoms with Gasteiger partial charge >= 0.3 is 5.97 Å². The van der Waals surface area contributed by atoms with Gasteiger partial charge in [-0.05, 0) is 12.2 Å². The van der Waals surface area contributed by atoms with Crippen LogP contribution in [-0.4, -0.2) is 34.8 Å². The van der Waals surface area contributed by atoms with Gasteiger partial charge in [-0.2, -0.15) is 11.8 Å². The minimum absolute atomic E-state index is 0.451. The first-order valence-corrected chi connectivity index (χ1v) is 5.08. The summed E-state index contributed by atoms with van der Waals surface area (Å²) in [5, 5.41) is 9.13. The summed E-state index contributed by atoms with van der Waals surface area (Å²) >= 11 is 1.60. The van der Waals surface area contributed by atoms with Gasteiger partial charge in [-0.25, -0.2) is 4.79 Å². The summed E-state index contributed by atoms with van der Waals surface area (Å²) in [5.41, 5.74) is 0. The molecule has 0 aromatic rings. The van der Waals surface area contributed by atoms with Gasteiger partial charge in [0, 0.05) is 12.4 Å². The Kier molecular flexibility index (Phi) is 6.20. The van der Waals surface area contributed by atoms with Gasteiger partial charge in [0.15, 0.2) is 6.10 Å². The maximum atomic E-state index is 10.6. The molecule has 1 N–H and O–H groups in total. The highest BCUT2D eigenvalue weighted by Crippen LogP contribution is 2.12. The SMILES string of the molecule is CCOC(CSC(C)C)C(=O)O. The van der Waals surface area contributed by atoms with E-state index in [2.05, 4.69) is 0 Å². The summed E-state index contributed by atoms with van der Waals surface area (Å²) in [5.74, 6) is -0.342. The number of hydrogen-bond donors (Lipinski definition) is 1. The molecule has 0 aliphatic carbocycles. The minimum Gasteiger partial charge on any atom is -0.479 e. The molecule has 0 spiro atoms. The average molecular weight is 192 g/mol. The summed E-state index contributed by atoms with van der Waals surface area (Å²) in [6.45, 7) is 6.33. The third kappa shape index (κ3) is 5.43. The molecule has 1 atom stereocenters. The van der Waals surface area contributed by atoms with Crippen molar-refractivity contribution in [3.63, 3.8) is 0 Å². The van der Waals surface area contributed by atoms with Crippen LogP contribution >= 0.6 is 11.8 Å². The lowest BCUT2D eigenvalue weighted by molar-refractivity contribution is -0.148. The Labute approximate surface area is 77.5 Å². The van der Waals surface area contributed by atoms with E-state index in [4.69, 9.17) is 9.84 Å². The van der Waals surface area contributed by atoms with Crippen molar-refractivity contribution in [1.82, 2.24) is 0 Å². The Morgan fingerprint density at radius 2 is 2.17 bits per heavy atom. The van der Waals surface area contributed by atoms with E-state index < -0.39 is 12.1 Å². The summed E-state index contributed by atoms with van der Waals surface area (Å²) in [4.78, 5) is 10.6. The first-order valence-electron chi connectivity index (χ1n) is 4.04. The zero-order valence-corrected chi connectivity index (χ0v) is 8.56. The predicted molar refractivity (Wildman–Crippen MR) is 50.6 cm³/mol. The van der Waals surface area contributed by atoms with Crippen molar-refractivity contribution >= 4 is 17.7 Å². The van der Waals surface area contributed by atoms with E-state index in [1.165, 1.54) is 0 Å². The number of rotatable bonds is 6. The molecule has 12 heavy (non-hydrogen) atoms. The number of carboxylic acids is 1. The van der Waals surface area contributed by atoms with E-state index in [0.29, 0.717) is 17.6 Å². The Morgan fingerprint density at radius 1 is 1.58 bits per heavy atom. The summed E-state index contributed by atoms with van der Waals surface area (Å²) in [6, 6.07) is 0. The van der Waals surface area contributed by atoms with Crippen molar-refractivity contribution < 1.29 is 14.6 Å². The molecule has 72 valence electrons. The van der Waals surface area contributed by atoms with Crippen LogP contribution in [0.5, 0.6) is 0 Å². The maximum absolute atomic E-state index is 10.6. The highest BCUT2D eigenvalue weighted by atomic mass is 32.2. The molecule has 3 nitrogen and oxygen atoms in total. The normalized spacial score (nSPS) is 13.3. The van der Waals surface area contributed by atoms with Gasteiger partial charge < -0.3 is 9.84 Å². The van der Waals surface area contributed by atoms with Crippen LogP contribution in [0.4, 0.5) is 0 Å². The van der Waals surface area contributed by atoms with E-state index in [0.717, 1.165) is 0 Å². The Hall–Kier alpha value is -0.220. The largest absolute Gasteiger partial charge is 0.479 e. The van der Waals surface area contributed by atoms with Gasteiger partial charge in [0.25, 0.3) is 0 Å². The number of carbonyl (C=O) groups is 1. The van der Waals surface area contributed by atoms with Crippen LogP contribution in [0.2, 0.25) is 0 Å². The lowest BCUT2D eigenvalue weighted by Gasteiger charge is -2.12. The zero-order valence-electron chi connectivity index (χ0n) is 7.74. The lowest BCUT2D eigenvalue weighted by atomic mass is 10.4. The summed E-state index contributed by atoms with van der Waals surface area (Å²) in [6.07, 6.45) is -0.651. The number of carboxylic acid groups (broad SMARTS) is 1. The zero-order chi connectivity index (χ0) is 9.56. The van der Waals surface area contributed by atoms with Crippen molar-refractivity contribution in [2.45, 2.75) is 32.1 Å². The highest BCUT2D eigenvalue weighted by molar-refractivity contribution is 7.99. The fourth-order valence-electron chi connectivity index (χ4n) is 0.672. The number of hydrogen-bond acceptors (Lipinski definition) is 3. The quantitative estimate of drug-likeness (QED) is 0.694. The molecule has 0 aromatic heterocycles. The Morgan fingerprint density at radius 3 is 2.50 bits per heavy atom. The smallest absolute Gasteiger partial charge is 0.333 e. The van der Waals surface area contributed by atoms with Crippen LogP contribution < -0.4 is 0 Å². The molecular weight excluding hydrogens is 176 g/mol. The molecule has 0 radical (unpaired) electrons. The monoisotopic (exact) mass is 192 g/mol. The van der Waals surface area contributed by atoms with Crippen LogP contribution in [0, 0.1) is 0 Å². The average Bonchev–Trinajstić information content (AvgIpc) is 1.96. The molecule has 1 unspecified atom stereocenters. The maximum Gasteiger partial charge on any atom is 0.333 e. The van der Waals surface area contributed by atoms with E-state index in [-0.39, 0.29) is 0 Å². The topological polar surface area (TPSA) is 46.5 Å². The molecule has 0 aliphatic heterocycles. The molecule has 0 heterocycles. The Balaban J connectivity index is 3.71. The van der Waals surface area contributed by atoms with Crippen molar-refractivity contribution in [2.75, 3.05) is 12.4 Å². The van der Waals surface area contributed by atoms with E-state index in [9.17, 15) is 4.79 Å². The molecule has 0 fully saturated rings. The molecule has 0 saturated carbocycles. The third-order valence-electron chi connectivity index (χ3n) is 1.22. The van der Waals surface area contributed by atoms with Crippen LogP contribution in [-0.2, 0) is 9.53 Å². The molecular formula is C8H16O3S. The second-order valence-corrected chi connectivity index (χ2v) is 4.27. The second kappa shape index (κ2) is 6.31. The molecule has 0 rings (SSSR count). The predicted octanol–water partition coefficient (Wildman–Crippen LogP) is 1.62. The standard InChI is InChI=1S/C8H16O3S/c1-4-11-7(8(9)10)5-12-6(2)3/h6-7H,4-5H2,1-3H3,(H,9,10). The van der Waals surface area contributed by atoms with Crippen molar-refractivity contribution in [1.29, 1.82) is 0 Å². The van der Waals surface area contributed by atoms with Gasteiger partial charge in [0.05, 0.1) is 0 Å². The first-order chi connectivity index (χ1) is 5.57. The van der Waals surface area contributed by atoms with Gasteiger partial charge in [-0.1, -0.05) is 13.8 Å². The van der Waals surface area contributed by atoms with Crippen molar-refractivity contribution in [2.24, 2.45) is 0 Å². The Bertz CT molecular complexity index is 136. The number of aliphatic carboxylic acids is 1. The van der Waals surface area contributed by atoms with Crippen LogP contribution in [0.15, 0.2) is 0 Å². The molecule has 0 aromatic carbocycles. The van der Waals surface area contributed by atoms with Crippen molar-refractivity contribution in [3.8, 4) is 0 Å².